The number of ether oxygens (including phenoxy) is 2. The molecule has 1 saturated heterocycles. The number of rotatable bonds is 4. The van der Waals surface area contributed by atoms with E-state index in [1.54, 1.807) is 20.8 Å². The number of amides is 2. The number of carbonyl (C=O) groups excluding carboxylic acids is 2. The summed E-state index contributed by atoms with van der Waals surface area (Å²) in [5.74, 6) is -2.18. The molecular formula is C19H23F2N3O6S. The van der Waals surface area contributed by atoms with Crippen molar-refractivity contribution in [2.24, 2.45) is 0 Å². The molecule has 1 N–H and O–H groups in total. The first kappa shape index (κ1) is 22.8. The molecule has 0 spiro atoms. The number of hydrogen-bond donors (Lipinski definition) is 1. The fraction of sp³-hybridized carbons (Fsp3) is 0.474. The van der Waals surface area contributed by atoms with Crippen molar-refractivity contribution in [3.63, 3.8) is 0 Å². The number of hydrogen-bond acceptors (Lipinski definition) is 7. The Morgan fingerprint density at radius 2 is 1.94 bits per heavy atom. The van der Waals surface area contributed by atoms with E-state index in [4.69, 9.17) is 9.47 Å². The highest BCUT2D eigenvalue weighted by atomic mass is 32.2. The lowest BCUT2D eigenvalue weighted by molar-refractivity contribution is 0.0496. The van der Waals surface area contributed by atoms with Gasteiger partial charge in [0.15, 0.2) is 21.5 Å². The van der Waals surface area contributed by atoms with Gasteiger partial charge >= 0.3 is 12.2 Å². The van der Waals surface area contributed by atoms with Crippen LogP contribution in [0.25, 0.3) is 0 Å². The zero-order chi connectivity index (χ0) is 23.0. The first-order valence-electron chi connectivity index (χ1n) is 9.46. The van der Waals surface area contributed by atoms with E-state index in [-0.39, 0.29) is 31.1 Å². The molecule has 2 heterocycles. The number of cyclic esters (lactones) is 1. The van der Waals surface area contributed by atoms with Gasteiger partial charge in [0.25, 0.3) is 0 Å². The Bertz CT molecular complexity index is 999. The topological polar surface area (TPSA) is 105 Å². The number of nitrogens with zero attached hydrogens (tertiary/aromatic N) is 2. The first-order valence-corrected chi connectivity index (χ1v) is 11.2. The van der Waals surface area contributed by atoms with Crippen molar-refractivity contribution in [3.05, 3.63) is 35.4 Å². The van der Waals surface area contributed by atoms with Crippen LogP contribution in [0, 0.1) is 11.6 Å². The molecule has 0 radical (unpaired) electrons. The molecule has 9 nitrogen and oxygen atoms in total. The van der Waals surface area contributed by atoms with E-state index in [2.05, 4.69) is 5.32 Å². The van der Waals surface area contributed by atoms with Gasteiger partial charge in [0, 0.05) is 30.3 Å². The number of halogens is 2. The largest absolute Gasteiger partial charge is 0.444 e. The minimum Gasteiger partial charge on any atom is -0.444 e. The fourth-order valence-corrected chi connectivity index (χ4v) is 3.97. The van der Waals surface area contributed by atoms with Crippen LogP contribution in [0.5, 0.6) is 0 Å². The van der Waals surface area contributed by atoms with Gasteiger partial charge in [-0.15, -0.1) is 0 Å². The van der Waals surface area contributed by atoms with Crippen LogP contribution in [0.3, 0.4) is 0 Å². The maximum Gasteiger partial charge on any atom is 0.414 e. The summed E-state index contributed by atoms with van der Waals surface area (Å²) in [5.41, 5.74) is -1.16. The maximum atomic E-state index is 14.7. The van der Waals surface area contributed by atoms with E-state index in [0.717, 1.165) is 33.5 Å². The molecule has 170 valence electrons. The number of benzene rings is 1. The third-order valence-electron chi connectivity index (χ3n) is 4.41. The lowest BCUT2D eigenvalue weighted by atomic mass is 10.2. The molecule has 3 rings (SSSR count). The van der Waals surface area contributed by atoms with Crippen LogP contribution in [-0.4, -0.2) is 57.7 Å². The summed E-state index contributed by atoms with van der Waals surface area (Å²) >= 11 is 0. The van der Waals surface area contributed by atoms with Crippen molar-refractivity contribution in [1.29, 1.82) is 0 Å². The number of alkyl carbamates (subject to hydrolysis) is 1. The molecule has 2 aliphatic rings. The van der Waals surface area contributed by atoms with Gasteiger partial charge in [0.1, 0.15) is 17.4 Å². The van der Waals surface area contributed by atoms with Crippen molar-refractivity contribution < 1.29 is 36.3 Å². The van der Waals surface area contributed by atoms with Crippen molar-refractivity contribution in [3.8, 4) is 0 Å². The Kier molecular flexibility index (Phi) is 6.12. The molecule has 0 aliphatic carbocycles. The fourth-order valence-electron chi connectivity index (χ4n) is 3.05. The van der Waals surface area contributed by atoms with E-state index in [9.17, 15) is 26.8 Å². The van der Waals surface area contributed by atoms with E-state index in [1.807, 2.05) is 0 Å². The summed E-state index contributed by atoms with van der Waals surface area (Å²) in [6.07, 6.45) is -1.13. The molecule has 0 unspecified atom stereocenters. The van der Waals surface area contributed by atoms with Crippen molar-refractivity contribution in [1.82, 2.24) is 5.32 Å². The number of nitrogens with one attached hydrogen (secondary N) is 1. The Balaban J connectivity index is 1.69. The Morgan fingerprint density at radius 3 is 2.48 bits per heavy atom. The highest BCUT2D eigenvalue weighted by molar-refractivity contribution is 7.94. The number of carbonyl (C=O) groups is 2. The highest BCUT2D eigenvalue weighted by Gasteiger charge is 2.34. The molecule has 0 aromatic heterocycles. The maximum absolute atomic E-state index is 14.7. The van der Waals surface area contributed by atoms with Gasteiger partial charge in [-0.1, -0.05) is 0 Å². The van der Waals surface area contributed by atoms with Crippen molar-refractivity contribution in [2.75, 3.05) is 35.2 Å². The van der Waals surface area contributed by atoms with Crippen molar-refractivity contribution >= 4 is 33.4 Å². The zero-order valence-electron chi connectivity index (χ0n) is 17.2. The van der Waals surface area contributed by atoms with Crippen LogP contribution < -0.4 is 15.1 Å². The number of sulfone groups is 1. The van der Waals surface area contributed by atoms with Gasteiger partial charge in [0.05, 0.1) is 24.5 Å². The molecule has 1 atom stereocenters. The molecular weight excluding hydrogens is 436 g/mol. The first-order chi connectivity index (χ1) is 14.3. The molecule has 0 saturated carbocycles. The summed E-state index contributed by atoms with van der Waals surface area (Å²) < 4.78 is 62.5. The van der Waals surface area contributed by atoms with Gasteiger partial charge in [-0.25, -0.2) is 26.8 Å². The van der Waals surface area contributed by atoms with Gasteiger partial charge in [-0.2, -0.15) is 0 Å². The third-order valence-corrected chi connectivity index (χ3v) is 5.70. The molecule has 12 heteroatoms. The summed E-state index contributed by atoms with van der Waals surface area (Å²) in [4.78, 5) is 26.1. The summed E-state index contributed by atoms with van der Waals surface area (Å²) in [6.45, 7) is 4.94. The van der Waals surface area contributed by atoms with Crippen LogP contribution >= 0.6 is 0 Å². The van der Waals surface area contributed by atoms with Gasteiger partial charge in [-0.3, -0.25) is 4.90 Å². The van der Waals surface area contributed by atoms with Gasteiger partial charge in [-0.05, 0) is 20.8 Å². The second-order valence-electron chi connectivity index (χ2n) is 8.10. The molecule has 1 aromatic rings. The van der Waals surface area contributed by atoms with Crippen LogP contribution in [0.15, 0.2) is 23.7 Å². The summed E-state index contributed by atoms with van der Waals surface area (Å²) in [6, 6.07) is 1.95. The van der Waals surface area contributed by atoms with Crippen molar-refractivity contribution in [2.45, 2.75) is 32.5 Å². The Morgan fingerprint density at radius 1 is 1.29 bits per heavy atom. The van der Waals surface area contributed by atoms with Crippen LogP contribution in [0.4, 0.5) is 29.7 Å². The normalized spacial score (nSPS) is 20.5. The van der Waals surface area contributed by atoms with E-state index >= 15 is 0 Å². The molecule has 0 bridgehead atoms. The lowest BCUT2D eigenvalue weighted by Crippen LogP contribution is -2.38. The molecule has 2 aliphatic heterocycles. The Labute approximate surface area is 178 Å². The van der Waals surface area contributed by atoms with Crippen LogP contribution in [0.1, 0.15) is 20.8 Å². The van der Waals surface area contributed by atoms with E-state index < -0.39 is 51.1 Å². The summed E-state index contributed by atoms with van der Waals surface area (Å²) in [7, 11) is -3.38. The molecule has 1 aromatic carbocycles. The third kappa shape index (κ3) is 5.63. The minimum atomic E-state index is -3.38. The zero-order valence-corrected chi connectivity index (χ0v) is 18.0. The van der Waals surface area contributed by atoms with Crippen LogP contribution in [-0.2, 0) is 19.3 Å². The lowest BCUT2D eigenvalue weighted by Gasteiger charge is -2.25. The predicted octanol–water partition coefficient (Wildman–Crippen LogP) is 2.52. The predicted molar refractivity (Wildman–Crippen MR) is 108 cm³/mol. The monoisotopic (exact) mass is 459 g/mol. The summed E-state index contributed by atoms with van der Waals surface area (Å²) in [5, 5.41) is 3.37. The standard InChI is InChI=1S/C19H23F2N3O6S/c1-19(2,3)30-17(25)22-10-13-11-24(18(26)29-13)12-8-14(20)16(15(21)9-12)23-4-6-31(27,28)7-5-23/h4,6,8-9,13H,5,7,10-11H2,1-3H3,(H,22,25)/t13-/m0/s1. The highest BCUT2D eigenvalue weighted by Crippen LogP contribution is 2.32. The minimum absolute atomic E-state index is 0.0330. The van der Waals surface area contributed by atoms with E-state index in [0.29, 0.717) is 0 Å². The molecule has 2 amide bonds. The average molecular weight is 459 g/mol. The Hall–Kier alpha value is -2.89. The molecule has 31 heavy (non-hydrogen) atoms. The second-order valence-corrected chi connectivity index (χ2v) is 10.1. The smallest absolute Gasteiger partial charge is 0.414 e. The molecule has 1 fully saturated rings. The SMILES string of the molecule is CC(C)(C)OC(=O)NC[C@H]1CN(c2cc(F)c(N3C=CS(=O)(=O)CC3)c(F)c2)C(=O)O1. The quantitative estimate of drug-likeness (QED) is 0.738. The number of anilines is 2. The van der Waals surface area contributed by atoms with Crippen LogP contribution in [0.2, 0.25) is 0 Å². The van der Waals surface area contributed by atoms with E-state index in [1.165, 1.54) is 0 Å². The van der Waals surface area contributed by atoms with Gasteiger partial charge < -0.3 is 19.7 Å². The van der Waals surface area contributed by atoms with Gasteiger partial charge in [0.2, 0.25) is 0 Å². The average Bonchev–Trinajstić information content (AvgIpc) is 3.00. The second kappa shape index (κ2) is 8.33.